The fourth-order valence-corrected chi connectivity index (χ4v) is 3.80. The molecule has 1 fully saturated rings. The Morgan fingerprint density at radius 2 is 1.81 bits per heavy atom. The second-order valence-electron chi connectivity index (χ2n) is 9.24. The molecule has 0 bridgehead atoms. The van der Waals surface area contributed by atoms with Crippen LogP contribution in [0, 0.1) is 5.41 Å². The van der Waals surface area contributed by atoms with Crippen LogP contribution < -0.4 is 14.2 Å². The second-order valence-corrected chi connectivity index (χ2v) is 9.24. The van der Waals surface area contributed by atoms with Gasteiger partial charge in [-0.05, 0) is 30.4 Å². The molecular weight excluding hydrogens is 412 g/mol. The number of carbonyl (C=O) groups excluding carboxylic acids is 1. The molecule has 2 heterocycles. The molecule has 0 unspecified atom stereocenters. The van der Waals surface area contributed by atoms with Crippen molar-refractivity contribution in [2.75, 3.05) is 34.5 Å². The van der Waals surface area contributed by atoms with Crippen LogP contribution in [0.4, 0.5) is 0 Å². The molecule has 1 saturated heterocycles. The van der Waals surface area contributed by atoms with Crippen molar-refractivity contribution in [1.82, 2.24) is 10.1 Å². The van der Waals surface area contributed by atoms with Gasteiger partial charge < -0.3 is 28.4 Å². The highest BCUT2D eigenvalue weighted by Crippen LogP contribution is 2.41. The molecule has 8 nitrogen and oxygen atoms in total. The van der Waals surface area contributed by atoms with E-state index in [1.165, 1.54) is 0 Å². The van der Waals surface area contributed by atoms with Crippen LogP contribution in [0.15, 0.2) is 22.7 Å². The molecule has 0 saturated carbocycles. The number of methoxy groups -OCH3 is 3. The second kappa shape index (κ2) is 10.3. The predicted molar refractivity (Wildman–Crippen MR) is 120 cm³/mol. The molecule has 0 aliphatic carbocycles. The van der Waals surface area contributed by atoms with Crippen LogP contribution in [0.3, 0.4) is 0 Å². The molecule has 3 rings (SSSR count). The number of hydrogen-bond donors (Lipinski definition) is 0. The molecule has 0 radical (unpaired) electrons. The number of ether oxygens (including phenoxy) is 4. The summed E-state index contributed by atoms with van der Waals surface area (Å²) in [6, 6.07) is 5.45. The van der Waals surface area contributed by atoms with Crippen molar-refractivity contribution in [1.29, 1.82) is 0 Å². The molecule has 176 valence electrons. The lowest BCUT2D eigenvalue weighted by atomic mass is 9.91. The zero-order valence-corrected chi connectivity index (χ0v) is 19.9. The molecule has 1 aliphatic heterocycles. The minimum Gasteiger partial charge on any atom is -0.493 e. The third-order valence-electron chi connectivity index (χ3n) is 5.34. The first-order valence-corrected chi connectivity index (χ1v) is 10.9. The molecule has 1 atom stereocenters. The SMILES string of the molecule is COc1cc(-c2cc(CN(C[C@H]3CCCO3)C(=O)CC(C)(C)C)no2)cc(OC)c1OC. The first-order chi connectivity index (χ1) is 15.2. The van der Waals surface area contributed by atoms with Gasteiger partial charge in [0.05, 0.1) is 34.0 Å². The molecule has 0 N–H and O–H groups in total. The van der Waals surface area contributed by atoms with Gasteiger partial charge in [-0.1, -0.05) is 25.9 Å². The lowest BCUT2D eigenvalue weighted by Crippen LogP contribution is -2.38. The van der Waals surface area contributed by atoms with Gasteiger partial charge in [-0.2, -0.15) is 0 Å². The Balaban J connectivity index is 1.82. The van der Waals surface area contributed by atoms with Gasteiger partial charge in [0.1, 0.15) is 5.69 Å². The molecule has 1 aliphatic rings. The van der Waals surface area contributed by atoms with Gasteiger partial charge in [-0.15, -0.1) is 0 Å². The van der Waals surface area contributed by atoms with E-state index in [0.717, 1.165) is 25.0 Å². The zero-order valence-electron chi connectivity index (χ0n) is 19.9. The number of amides is 1. The highest BCUT2D eigenvalue weighted by molar-refractivity contribution is 5.77. The van der Waals surface area contributed by atoms with E-state index >= 15 is 0 Å². The maximum absolute atomic E-state index is 13.0. The Bertz CT molecular complexity index is 886. The van der Waals surface area contributed by atoms with Gasteiger partial charge in [0.25, 0.3) is 0 Å². The Morgan fingerprint density at radius 1 is 1.12 bits per heavy atom. The van der Waals surface area contributed by atoms with Crippen LogP contribution in [0.1, 0.15) is 45.7 Å². The molecule has 0 spiro atoms. The summed E-state index contributed by atoms with van der Waals surface area (Å²) in [6.07, 6.45) is 2.52. The van der Waals surface area contributed by atoms with Crippen molar-refractivity contribution in [2.24, 2.45) is 5.41 Å². The Kier molecular flexibility index (Phi) is 7.66. The lowest BCUT2D eigenvalue weighted by Gasteiger charge is -2.28. The summed E-state index contributed by atoms with van der Waals surface area (Å²) in [5.41, 5.74) is 1.32. The average Bonchev–Trinajstić information content (AvgIpc) is 3.43. The minimum absolute atomic E-state index is 0.0698. The standard InChI is InChI=1S/C24H34N2O6/c1-24(2,3)13-22(27)26(15-18-8-7-9-31-18)14-17-12-19(32-25-17)16-10-20(28-4)23(30-6)21(11-16)29-5/h10-12,18H,7-9,13-15H2,1-6H3/t18-/m1/s1. The summed E-state index contributed by atoms with van der Waals surface area (Å²) in [4.78, 5) is 14.9. The van der Waals surface area contributed by atoms with Gasteiger partial charge in [0.2, 0.25) is 11.7 Å². The predicted octanol–water partition coefficient (Wildman–Crippen LogP) is 4.31. The number of benzene rings is 1. The maximum atomic E-state index is 13.0. The van der Waals surface area contributed by atoms with E-state index in [1.807, 2.05) is 11.0 Å². The number of rotatable bonds is 9. The van der Waals surface area contributed by atoms with Crippen LogP contribution in [0.2, 0.25) is 0 Å². The summed E-state index contributed by atoms with van der Waals surface area (Å²) in [5.74, 6) is 2.21. The van der Waals surface area contributed by atoms with Crippen LogP contribution in [-0.4, -0.2) is 56.5 Å². The van der Waals surface area contributed by atoms with Gasteiger partial charge >= 0.3 is 0 Å². The summed E-state index contributed by atoms with van der Waals surface area (Å²) >= 11 is 0. The maximum Gasteiger partial charge on any atom is 0.223 e. The minimum atomic E-state index is -0.100. The van der Waals surface area contributed by atoms with Crippen molar-refractivity contribution >= 4 is 5.91 Å². The first-order valence-electron chi connectivity index (χ1n) is 10.9. The topological polar surface area (TPSA) is 83.3 Å². The average molecular weight is 447 g/mol. The van der Waals surface area contributed by atoms with Crippen LogP contribution in [0.25, 0.3) is 11.3 Å². The largest absolute Gasteiger partial charge is 0.493 e. The van der Waals surface area contributed by atoms with Gasteiger partial charge in [0, 0.05) is 31.2 Å². The van der Waals surface area contributed by atoms with Crippen LogP contribution >= 0.6 is 0 Å². The number of aromatic nitrogens is 1. The highest BCUT2D eigenvalue weighted by atomic mass is 16.5. The van der Waals surface area contributed by atoms with Crippen LogP contribution in [0.5, 0.6) is 17.2 Å². The Hall–Kier alpha value is -2.74. The molecule has 2 aromatic rings. The van der Waals surface area contributed by atoms with E-state index < -0.39 is 0 Å². The van der Waals surface area contributed by atoms with Crippen molar-refractivity contribution < 1.29 is 28.3 Å². The lowest BCUT2D eigenvalue weighted by molar-refractivity contribution is -0.135. The van der Waals surface area contributed by atoms with Crippen molar-refractivity contribution in [3.63, 3.8) is 0 Å². The number of nitrogens with zero attached hydrogens (tertiary/aromatic N) is 2. The molecule has 1 amide bonds. The normalized spacial score (nSPS) is 16.1. The molecule has 1 aromatic carbocycles. The zero-order chi connectivity index (χ0) is 23.3. The van der Waals surface area contributed by atoms with E-state index in [2.05, 4.69) is 25.9 Å². The van der Waals surface area contributed by atoms with Gasteiger partial charge in [0.15, 0.2) is 17.3 Å². The Labute approximate surface area is 189 Å². The molecule has 8 heteroatoms. The van der Waals surface area contributed by atoms with Gasteiger partial charge in [-0.25, -0.2) is 0 Å². The Morgan fingerprint density at radius 3 is 2.34 bits per heavy atom. The fraction of sp³-hybridized carbons (Fsp3) is 0.583. The summed E-state index contributed by atoms with van der Waals surface area (Å²) in [5, 5.41) is 4.22. The van der Waals surface area contributed by atoms with Crippen molar-refractivity contribution in [3.8, 4) is 28.6 Å². The summed E-state index contributed by atoms with van der Waals surface area (Å²) < 4.78 is 27.6. The quantitative estimate of drug-likeness (QED) is 0.567. The van der Waals surface area contributed by atoms with E-state index in [0.29, 0.717) is 48.2 Å². The molecular formula is C24H34N2O6. The number of carbonyl (C=O) groups is 1. The van der Waals surface area contributed by atoms with E-state index in [9.17, 15) is 4.79 Å². The van der Waals surface area contributed by atoms with E-state index in [1.54, 1.807) is 33.5 Å². The summed E-state index contributed by atoms with van der Waals surface area (Å²) in [7, 11) is 4.69. The monoisotopic (exact) mass is 446 g/mol. The summed E-state index contributed by atoms with van der Waals surface area (Å²) in [6.45, 7) is 7.86. The number of hydrogen-bond acceptors (Lipinski definition) is 7. The van der Waals surface area contributed by atoms with Crippen molar-refractivity contribution in [2.45, 2.75) is 52.7 Å². The van der Waals surface area contributed by atoms with Crippen LogP contribution in [-0.2, 0) is 16.1 Å². The van der Waals surface area contributed by atoms with Crippen molar-refractivity contribution in [3.05, 3.63) is 23.9 Å². The molecule has 32 heavy (non-hydrogen) atoms. The van der Waals surface area contributed by atoms with E-state index in [4.69, 9.17) is 23.5 Å². The molecule has 1 aromatic heterocycles. The third-order valence-corrected chi connectivity index (χ3v) is 5.34. The fourth-order valence-electron chi connectivity index (χ4n) is 3.80. The highest BCUT2D eigenvalue weighted by Gasteiger charge is 2.27. The van der Waals surface area contributed by atoms with E-state index in [-0.39, 0.29) is 17.4 Å². The first kappa shape index (κ1) is 23.9. The van der Waals surface area contributed by atoms with Gasteiger partial charge in [-0.3, -0.25) is 4.79 Å². The third kappa shape index (κ3) is 5.94. The smallest absolute Gasteiger partial charge is 0.223 e.